The molecule has 0 aromatic carbocycles. The number of hydrogen-bond donors (Lipinski definition) is 1. The standard InChI is InChI=1S/C15H29N3O/c1-4-13-11-18(9-7-14(13)16-3)15(19)17-8-5-6-12(2)10-17/h12-14,16H,4-11H2,1-3H3. The van der Waals surface area contributed by atoms with Crippen LogP contribution >= 0.6 is 0 Å². The zero-order valence-corrected chi connectivity index (χ0v) is 12.7. The first-order chi connectivity index (χ1) is 9.15. The van der Waals surface area contributed by atoms with E-state index in [0.29, 0.717) is 17.9 Å². The fourth-order valence-electron chi connectivity index (χ4n) is 3.56. The van der Waals surface area contributed by atoms with Crippen LogP contribution in [0.2, 0.25) is 0 Å². The maximum Gasteiger partial charge on any atom is 0.320 e. The predicted molar refractivity (Wildman–Crippen MR) is 78.2 cm³/mol. The highest BCUT2D eigenvalue weighted by molar-refractivity contribution is 5.74. The maximum atomic E-state index is 12.6. The number of carbonyl (C=O) groups is 1. The van der Waals surface area contributed by atoms with Gasteiger partial charge in [-0.2, -0.15) is 0 Å². The minimum absolute atomic E-state index is 0.277. The second kappa shape index (κ2) is 6.60. The Labute approximate surface area is 117 Å². The number of rotatable bonds is 2. The molecule has 0 spiro atoms. The van der Waals surface area contributed by atoms with Crippen LogP contribution in [0.5, 0.6) is 0 Å². The third kappa shape index (κ3) is 3.41. The summed E-state index contributed by atoms with van der Waals surface area (Å²) in [6, 6.07) is 0.855. The van der Waals surface area contributed by atoms with Gasteiger partial charge < -0.3 is 15.1 Å². The highest BCUT2D eigenvalue weighted by Crippen LogP contribution is 2.23. The van der Waals surface area contributed by atoms with E-state index in [1.807, 2.05) is 7.05 Å². The number of amides is 2. The second-order valence-corrected chi connectivity index (χ2v) is 6.27. The molecular weight excluding hydrogens is 238 g/mol. The number of hydrogen-bond acceptors (Lipinski definition) is 2. The third-order valence-corrected chi connectivity index (χ3v) is 4.83. The average molecular weight is 267 g/mol. The van der Waals surface area contributed by atoms with E-state index in [0.717, 1.165) is 45.4 Å². The lowest BCUT2D eigenvalue weighted by atomic mass is 9.90. The van der Waals surface area contributed by atoms with Crippen molar-refractivity contribution in [3.63, 3.8) is 0 Å². The van der Waals surface area contributed by atoms with Gasteiger partial charge in [0.1, 0.15) is 0 Å². The number of likely N-dealkylation sites (tertiary alicyclic amines) is 2. The van der Waals surface area contributed by atoms with E-state index in [9.17, 15) is 4.79 Å². The van der Waals surface area contributed by atoms with Gasteiger partial charge in [-0.15, -0.1) is 0 Å². The number of nitrogens with one attached hydrogen (secondary N) is 1. The number of piperidine rings is 2. The van der Waals surface area contributed by atoms with Crippen LogP contribution in [0.1, 0.15) is 39.5 Å². The Bertz CT molecular complexity index is 308. The van der Waals surface area contributed by atoms with Crippen LogP contribution in [0, 0.1) is 11.8 Å². The average Bonchev–Trinajstić information content (AvgIpc) is 2.45. The Morgan fingerprint density at radius 1 is 1.21 bits per heavy atom. The molecule has 2 amide bonds. The van der Waals surface area contributed by atoms with Crippen molar-refractivity contribution in [1.29, 1.82) is 0 Å². The second-order valence-electron chi connectivity index (χ2n) is 6.27. The van der Waals surface area contributed by atoms with Crippen molar-refractivity contribution in [3.8, 4) is 0 Å². The van der Waals surface area contributed by atoms with Crippen LogP contribution in [-0.4, -0.2) is 55.1 Å². The lowest BCUT2D eigenvalue weighted by Crippen LogP contribution is -2.54. The summed E-state index contributed by atoms with van der Waals surface area (Å²) in [6.07, 6.45) is 4.66. The normalized spacial score (nSPS) is 32.5. The monoisotopic (exact) mass is 267 g/mol. The predicted octanol–water partition coefficient (Wildman–Crippen LogP) is 2.16. The van der Waals surface area contributed by atoms with Gasteiger partial charge in [0.15, 0.2) is 0 Å². The fraction of sp³-hybridized carbons (Fsp3) is 0.933. The first-order valence-electron chi connectivity index (χ1n) is 7.86. The molecule has 2 aliphatic rings. The van der Waals surface area contributed by atoms with Gasteiger partial charge in [-0.25, -0.2) is 4.79 Å². The van der Waals surface area contributed by atoms with E-state index in [1.54, 1.807) is 0 Å². The molecule has 0 aliphatic carbocycles. The summed E-state index contributed by atoms with van der Waals surface area (Å²) in [5.41, 5.74) is 0. The van der Waals surface area contributed by atoms with Gasteiger partial charge in [-0.05, 0) is 38.1 Å². The van der Waals surface area contributed by atoms with Crippen molar-refractivity contribution in [1.82, 2.24) is 15.1 Å². The number of nitrogens with zero attached hydrogens (tertiary/aromatic N) is 2. The quantitative estimate of drug-likeness (QED) is 0.832. The molecule has 3 atom stereocenters. The molecule has 2 fully saturated rings. The Hall–Kier alpha value is -0.770. The highest BCUT2D eigenvalue weighted by atomic mass is 16.2. The molecule has 0 radical (unpaired) electrons. The Morgan fingerprint density at radius 2 is 1.95 bits per heavy atom. The van der Waals surface area contributed by atoms with E-state index in [2.05, 4.69) is 29.0 Å². The van der Waals surface area contributed by atoms with Crippen molar-refractivity contribution in [3.05, 3.63) is 0 Å². The maximum absolute atomic E-state index is 12.6. The third-order valence-electron chi connectivity index (χ3n) is 4.83. The van der Waals surface area contributed by atoms with Gasteiger partial charge in [-0.1, -0.05) is 20.3 Å². The minimum Gasteiger partial charge on any atom is -0.324 e. The van der Waals surface area contributed by atoms with Gasteiger partial charge in [-0.3, -0.25) is 0 Å². The highest BCUT2D eigenvalue weighted by Gasteiger charge is 2.32. The largest absolute Gasteiger partial charge is 0.324 e. The van der Waals surface area contributed by atoms with Gasteiger partial charge in [0, 0.05) is 32.2 Å². The lowest BCUT2D eigenvalue weighted by Gasteiger charge is -2.41. The molecule has 0 aromatic rings. The zero-order chi connectivity index (χ0) is 13.8. The first kappa shape index (κ1) is 14.6. The van der Waals surface area contributed by atoms with E-state index in [1.165, 1.54) is 6.42 Å². The van der Waals surface area contributed by atoms with Crippen molar-refractivity contribution < 1.29 is 4.79 Å². The molecule has 19 heavy (non-hydrogen) atoms. The van der Waals surface area contributed by atoms with E-state index in [-0.39, 0.29) is 6.03 Å². The van der Waals surface area contributed by atoms with Gasteiger partial charge >= 0.3 is 6.03 Å². The summed E-state index contributed by atoms with van der Waals surface area (Å²) in [7, 11) is 2.04. The molecule has 110 valence electrons. The Morgan fingerprint density at radius 3 is 2.58 bits per heavy atom. The molecule has 1 N–H and O–H groups in total. The smallest absolute Gasteiger partial charge is 0.320 e. The van der Waals surface area contributed by atoms with Crippen LogP contribution in [0.25, 0.3) is 0 Å². The summed E-state index contributed by atoms with van der Waals surface area (Å²) >= 11 is 0. The van der Waals surface area contributed by atoms with Crippen molar-refractivity contribution in [2.75, 3.05) is 33.2 Å². The van der Waals surface area contributed by atoms with E-state index in [4.69, 9.17) is 0 Å². The van der Waals surface area contributed by atoms with Crippen molar-refractivity contribution in [2.45, 2.75) is 45.6 Å². The summed E-state index contributed by atoms with van der Waals surface area (Å²) in [5.74, 6) is 1.26. The molecule has 2 heterocycles. The molecule has 0 saturated carbocycles. The summed E-state index contributed by atoms with van der Waals surface area (Å²) in [5, 5.41) is 3.40. The Balaban J connectivity index is 1.92. The molecule has 3 unspecified atom stereocenters. The van der Waals surface area contributed by atoms with Gasteiger partial charge in [0.25, 0.3) is 0 Å². The van der Waals surface area contributed by atoms with Crippen LogP contribution < -0.4 is 5.32 Å². The number of urea groups is 1. The minimum atomic E-state index is 0.277. The summed E-state index contributed by atoms with van der Waals surface area (Å²) in [4.78, 5) is 16.7. The molecule has 2 rings (SSSR count). The summed E-state index contributed by atoms with van der Waals surface area (Å²) in [6.45, 7) is 8.21. The molecule has 4 heteroatoms. The first-order valence-corrected chi connectivity index (χ1v) is 7.86. The van der Waals surface area contributed by atoms with Crippen LogP contribution in [-0.2, 0) is 0 Å². The SMILES string of the molecule is CCC1CN(C(=O)N2CCCC(C)C2)CCC1NC. The van der Waals surface area contributed by atoms with Crippen LogP contribution in [0.3, 0.4) is 0 Å². The van der Waals surface area contributed by atoms with Crippen LogP contribution in [0.15, 0.2) is 0 Å². The Kier molecular flexibility index (Phi) is 5.08. The fourth-order valence-corrected chi connectivity index (χ4v) is 3.56. The molecular formula is C15H29N3O. The van der Waals surface area contributed by atoms with E-state index >= 15 is 0 Å². The van der Waals surface area contributed by atoms with Crippen molar-refractivity contribution in [2.24, 2.45) is 11.8 Å². The van der Waals surface area contributed by atoms with Crippen LogP contribution in [0.4, 0.5) is 4.79 Å². The van der Waals surface area contributed by atoms with Crippen molar-refractivity contribution >= 4 is 6.03 Å². The molecule has 0 aromatic heterocycles. The molecule has 2 aliphatic heterocycles. The molecule has 4 nitrogen and oxygen atoms in total. The zero-order valence-electron chi connectivity index (χ0n) is 12.7. The summed E-state index contributed by atoms with van der Waals surface area (Å²) < 4.78 is 0. The lowest BCUT2D eigenvalue weighted by molar-refractivity contribution is 0.101. The van der Waals surface area contributed by atoms with E-state index < -0.39 is 0 Å². The van der Waals surface area contributed by atoms with Gasteiger partial charge in [0.05, 0.1) is 0 Å². The number of carbonyl (C=O) groups excluding carboxylic acids is 1. The van der Waals surface area contributed by atoms with Gasteiger partial charge in [0.2, 0.25) is 0 Å². The topological polar surface area (TPSA) is 35.6 Å². The molecule has 2 saturated heterocycles. The molecule has 0 bridgehead atoms.